The number of hydrogen-bond acceptors (Lipinski definition) is 5. The zero-order valence-corrected chi connectivity index (χ0v) is 23.4. The monoisotopic (exact) mass is 532 g/mol. The van der Waals surface area contributed by atoms with E-state index in [4.69, 9.17) is 14.6 Å². The summed E-state index contributed by atoms with van der Waals surface area (Å²) >= 11 is 0. The summed E-state index contributed by atoms with van der Waals surface area (Å²) in [5.74, 6) is 1.25. The van der Waals surface area contributed by atoms with E-state index >= 15 is 0 Å². The van der Waals surface area contributed by atoms with Crippen LogP contribution in [0.25, 0.3) is 11.3 Å². The second-order valence-corrected chi connectivity index (χ2v) is 10.6. The summed E-state index contributed by atoms with van der Waals surface area (Å²) in [5, 5.41) is 10.9. The first-order valence-corrected chi connectivity index (χ1v) is 13.8. The van der Waals surface area contributed by atoms with Gasteiger partial charge in [0.1, 0.15) is 11.5 Å². The van der Waals surface area contributed by atoms with Crippen molar-refractivity contribution >= 4 is 11.8 Å². The first kappa shape index (κ1) is 28.2. The lowest BCUT2D eigenvalue weighted by atomic mass is 9.93. The molecule has 3 aromatic rings. The van der Waals surface area contributed by atoms with Gasteiger partial charge in [0.2, 0.25) is 5.91 Å². The van der Waals surface area contributed by atoms with E-state index in [1.807, 2.05) is 41.1 Å². The normalized spacial score (nSPS) is 14.0. The molecule has 8 heteroatoms. The van der Waals surface area contributed by atoms with Crippen LogP contribution in [0.2, 0.25) is 0 Å². The topological polar surface area (TPSA) is 94.5 Å². The van der Waals surface area contributed by atoms with E-state index in [1.54, 1.807) is 20.3 Å². The van der Waals surface area contributed by atoms with Gasteiger partial charge in [-0.05, 0) is 61.8 Å². The second kappa shape index (κ2) is 13.3. The van der Waals surface area contributed by atoms with Crippen LogP contribution in [0, 0.1) is 5.92 Å². The number of carbonyl (C=O) groups is 2. The summed E-state index contributed by atoms with van der Waals surface area (Å²) in [5.41, 5.74) is 2.95. The van der Waals surface area contributed by atoms with Crippen LogP contribution < -0.4 is 20.1 Å². The maximum atomic E-state index is 13.5. The Morgan fingerprint density at radius 1 is 1.03 bits per heavy atom. The third-order valence-corrected chi connectivity index (χ3v) is 7.10. The number of nitrogens with zero attached hydrogens (tertiary/aromatic N) is 2. The molecule has 1 atom stereocenters. The van der Waals surface area contributed by atoms with Crippen molar-refractivity contribution in [2.24, 2.45) is 5.92 Å². The number of nitrogens with one attached hydrogen (secondary N) is 2. The molecule has 1 heterocycles. The molecule has 39 heavy (non-hydrogen) atoms. The summed E-state index contributed by atoms with van der Waals surface area (Å²) in [6.45, 7) is 4.82. The molecule has 1 saturated carbocycles. The number of rotatable bonds is 13. The lowest BCUT2D eigenvalue weighted by molar-refractivity contribution is -0.122. The third-order valence-electron chi connectivity index (χ3n) is 7.10. The predicted molar refractivity (Wildman–Crippen MR) is 152 cm³/mol. The Balaban J connectivity index is 1.58. The van der Waals surface area contributed by atoms with Crippen molar-refractivity contribution in [1.82, 2.24) is 20.4 Å². The van der Waals surface area contributed by atoms with E-state index in [0.717, 1.165) is 36.9 Å². The van der Waals surface area contributed by atoms with Crippen molar-refractivity contribution in [2.45, 2.75) is 71.0 Å². The van der Waals surface area contributed by atoms with Crippen molar-refractivity contribution in [3.63, 3.8) is 0 Å². The van der Waals surface area contributed by atoms with Crippen LogP contribution in [-0.4, -0.2) is 47.9 Å². The molecule has 4 rings (SSSR count). The number of aryl methyl sites for hydroxylation is 1. The molecule has 2 amide bonds. The van der Waals surface area contributed by atoms with Crippen LogP contribution in [0.3, 0.4) is 0 Å². The van der Waals surface area contributed by atoms with Crippen LogP contribution in [0.1, 0.15) is 62.0 Å². The van der Waals surface area contributed by atoms with Crippen molar-refractivity contribution in [2.75, 3.05) is 14.2 Å². The Kier molecular flexibility index (Phi) is 9.63. The molecule has 2 aromatic carbocycles. The van der Waals surface area contributed by atoms with Crippen molar-refractivity contribution < 1.29 is 19.1 Å². The van der Waals surface area contributed by atoms with Crippen LogP contribution in [0.5, 0.6) is 11.5 Å². The number of benzene rings is 2. The molecule has 0 spiro atoms. The molecule has 1 unspecified atom stereocenters. The Bertz CT molecular complexity index is 1230. The largest absolute Gasteiger partial charge is 0.496 e. The quantitative estimate of drug-likeness (QED) is 0.323. The molecule has 0 bridgehead atoms. The zero-order valence-electron chi connectivity index (χ0n) is 23.4. The fourth-order valence-electron chi connectivity index (χ4n) is 4.85. The Morgan fingerprint density at radius 2 is 1.72 bits per heavy atom. The van der Waals surface area contributed by atoms with Crippen LogP contribution in [0.4, 0.5) is 0 Å². The van der Waals surface area contributed by atoms with Gasteiger partial charge in [0.25, 0.3) is 5.91 Å². The first-order chi connectivity index (χ1) is 18.9. The van der Waals surface area contributed by atoms with Gasteiger partial charge >= 0.3 is 0 Å². The lowest BCUT2D eigenvalue weighted by Gasteiger charge is -2.27. The Labute approximate surface area is 231 Å². The fourth-order valence-corrected chi connectivity index (χ4v) is 4.85. The second-order valence-electron chi connectivity index (χ2n) is 10.6. The molecule has 0 aliphatic heterocycles. The average Bonchev–Trinajstić information content (AvgIpc) is 3.32. The summed E-state index contributed by atoms with van der Waals surface area (Å²) in [6, 6.07) is 17.4. The van der Waals surface area contributed by atoms with Gasteiger partial charge in [0.05, 0.1) is 25.5 Å². The minimum Gasteiger partial charge on any atom is -0.496 e. The Hall–Kier alpha value is -3.81. The number of carbonyl (C=O) groups excluding carboxylic acids is 2. The van der Waals surface area contributed by atoms with Gasteiger partial charge in [-0.25, -0.2) is 0 Å². The molecule has 208 valence electrons. The maximum Gasteiger partial charge on any atom is 0.272 e. The molecule has 0 saturated heterocycles. The van der Waals surface area contributed by atoms with Crippen LogP contribution >= 0.6 is 0 Å². The maximum absolute atomic E-state index is 13.5. The number of amides is 2. The fraction of sp³-hybridized carbons (Fsp3) is 0.452. The smallest absolute Gasteiger partial charge is 0.272 e. The van der Waals surface area contributed by atoms with Gasteiger partial charge in [-0.1, -0.05) is 50.2 Å². The minimum atomic E-state index is -0.322. The molecular weight excluding hydrogens is 492 g/mol. The number of ether oxygens (including phenoxy) is 2. The van der Waals surface area contributed by atoms with Gasteiger partial charge < -0.3 is 20.1 Å². The molecule has 1 aliphatic carbocycles. The number of methoxy groups -OCH3 is 2. The van der Waals surface area contributed by atoms with Crippen LogP contribution in [-0.2, 0) is 17.8 Å². The highest BCUT2D eigenvalue weighted by Gasteiger charge is 2.25. The summed E-state index contributed by atoms with van der Waals surface area (Å²) in [4.78, 5) is 26.3. The highest BCUT2D eigenvalue weighted by atomic mass is 16.5. The lowest BCUT2D eigenvalue weighted by Crippen LogP contribution is -2.44. The van der Waals surface area contributed by atoms with E-state index in [2.05, 4.69) is 36.6 Å². The van der Waals surface area contributed by atoms with E-state index in [-0.39, 0.29) is 30.3 Å². The predicted octanol–water partition coefficient (Wildman–Crippen LogP) is 5.01. The SMILES string of the molecule is COc1cccc(OC)c1-c1cc(C(=O)NC(CCc2ccccc2)CC(=O)NC2CCC2)nn1CC(C)C. The van der Waals surface area contributed by atoms with Gasteiger partial charge in [0.15, 0.2) is 5.69 Å². The van der Waals surface area contributed by atoms with Crippen LogP contribution in [0.15, 0.2) is 54.6 Å². The molecule has 1 aromatic heterocycles. The van der Waals surface area contributed by atoms with E-state index in [0.29, 0.717) is 36.1 Å². The minimum absolute atomic E-state index is 0.0251. The standard InChI is InChI=1S/C31H40N4O4/c1-21(2)20-35-26(30-27(38-3)14-9-15-28(30)39-4)19-25(34-35)31(37)33-24(17-16-22-10-6-5-7-11-22)18-29(36)32-23-12-8-13-23/h5-7,9-11,14-15,19,21,23-24H,8,12-13,16-18,20H2,1-4H3,(H,32,36)(H,33,37). The number of aromatic nitrogens is 2. The van der Waals surface area contributed by atoms with E-state index < -0.39 is 0 Å². The summed E-state index contributed by atoms with van der Waals surface area (Å²) < 4.78 is 13.1. The van der Waals surface area contributed by atoms with E-state index in [9.17, 15) is 9.59 Å². The molecule has 0 radical (unpaired) electrons. The molecule has 8 nitrogen and oxygen atoms in total. The summed E-state index contributed by atoms with van der Waals surface area (Å²) in [7, 11) is 3.22. The average molecular weight is 533 g/mol. The van der Waals surface area contributed by atoms with Gasteiger partial charge in [0, 0.05) is 25.0 Å². The van der Waals surface area contributed by atoms with Gasteiger partial charge in [-0.2, -0.15) is 5.10 Å². The molecule has 1 fully saturated rings. The first-order valence-electron chi connectivity index (χ1n) is 13.8. The van der Waals surface area contributed by atoms with E-state index in [1.165, 1.54) is 5.56 Å². The molecular formula is C31H40N4O4. The van der Waals surface area contributed by atoms with Crippen molar-refractivity contribution in [3.8, 4) is 22.8 Å². The molecule has 1 aliphatic rings. The number of hydrogen-bond donors (Lipinski definition) is 2. The van der Waals surface area contributed by atoms with Crippen molar-refractivity contribution in [3.05, 3.63) is 65.9 Å². The Morgan fingerprint density at radius 3 is 2.31 bits per heavy atom. The van der Waals surface area contributed by atoms with Gasteiger partial charge in [-0.15, -0.1) is 0 Å². The van der Waals surface area contributed by atoms with Gasteiger partial charge in [-0.3, -0.25) is 14.3 Å². The summed E-state index contributed by atoms with van der Waals surface area (Å²) in [6.07, 6.45) is 4.83. The van der Waals surface area contributed by atoms with Crippen molar-refractivity contribution in [1.29, 1.82) is 0 Å². The highest BCUT2D eigenvalue weighted by Crippen LogP contribution is 2.38. The zero-order chi connectivity index (χ0) is 27.8. The highest BCUT2D eigenvalue weighted by molar-refractivity contribution is 5.94. The third kappa shape index (κ3) is 7.40. The molecule has 2 N–H and O–H groups in total.